The minimum absolute atomic E-state index is 0.0666. The summed E-state index contributed by atoms with van der Waals surface area (Å²) in [4.78, 5) is 0. The molecule has 0 aromatic rings. The molecule has 0 amide bonds. The normalized spacial score (nSPS) is 16.6. The maximum atomic E-state index is 9.78. The first kappa shape index (κ1) is 11.9. The lowest BCUT2D eigenvalue weighted by molar-refractivity contribution is 0.265. The molecule has 3 heteroatoms. The van der Waals surface area contributed by atoms with Gasteiger partial charge in [0.15, 0.2) is 0 Å². The van der Waals surface area contributed by atoms with Gasteiger partial charge in [0.25, 0.3) is 0 Å². The van der Waals surface area contributed by atoms with Crippen LogP contribution in [0.1, 0.15) is 20.8 Å². The van der Waals surface area contributed by atoms with Crippen LogP contribution in [-0.2, 0) is 0 Å². The van der Waals surface area contributed by atoms with Crippen LogP contribution in [-0.4, -0.2) is 23.3 Å². The van der Waals surface area contributed by atoms with Crippen LogP contribution in [0.4, 0.5) is 0 Å². The molecule has 0 aliphatic heterocycles. The summed E-state index contributed by atoms with van der Waals surface area (Å²) in [7, 11) is -1.46. The molecule has 0 bridgehead atoms. The van der Waals surface area contributed by atoms with E-state index in [-0.39, 0.29) is 5.73 Å². The highest BCUT2D eigenvalue weighted by molar-refractivity contribution is 14.1. The second-order valence-corrected chi connectivity index (χ2v) is 11.1. The number of alkyl halides is 1. The van der Waals surface area contributed by atoms with Crippen molar-refractivity contribution >= 4 is 30.7 Å². The van der Waals surface area contributed by atoms with Gasteiger partial charge in [-0.05, 0) is 5.04 Å². The molecule has 0 fully saturated rings. The molecule has 68 valence electrons. The number of hydrogen-bond donors (Lipinski definition) is 1. The predicted octanol–water partition coefficient (Wildman–Crippen LogP) is 2.83. The van der Waals surface area contributed by atoms with Gasteiger partial charge in [-0.2, -0.15) is 0 Å². The van der Waals surface area contributed by atoms with Crippen molar-refractivity contribution < 1.29 is 5.11 Å². The molecule has 0 aromatic heterocycles. The van der Waals surface area contributed by atoms with Crippen LogP contribution in [0.15, 0.2) is 0 Å². The molecule has 0 saturated carbocycles. The second kappa shape index (κ2) is 3.74. The van der Waals surface area contributed by atoms with E-state index < -0.39 is 8.07 Å². The highest BCUT2D eigenvalue weighted by Crippen LogP contribution is 2.38. The maximum absolute atomic E-state index is 9.78. The molecule has 1 nitrogen and oxygen atoms in total. The standard InChI is InChI=1S/C8H19IOSi/c1-8(2,3)11(4,5)7(10)6-9/h7,10H,6H2,1-5H3. The van der Waals surface area contributed by atoms with E-state index in [1.54, 1.807) is 0 Å². The Hall–Kier alpha value is 0.907. The first-order chi connectivity index (χ1) is 4.73. The fourth-order valence-electron chi connectivity index (χ4n) is 0.693. The van der Waals surface area contributed by atoms with Gasteiger partial charge >= 0.3 is 0 Å². The molecule has 0 rings (SSSR count). The predicted molar refractivity (Wildman–Crippen MR) is 62.1 cm³/mol. The van der Waals surface area contributed by atoms with Crippen LogP contribution in [0.2, 0.25) is 18.1 Å². The monoisotopic (exact) mass is 286 g/mol. The Balaban J connectivity index is 4.45. The molecule has 0 spiro atoms. The molecule has 0 aliphatic rings. The van der Waals surface area contributed by atoms with Crippen LogP contribution >= 0.6 is 22.6 Å². The summed E-state index contributed by atoms with van der Waals surface area (Å²) < 4.78 is 0.869. The van der Waals surface area contributed by atoms with Gasteiger partial charge in [0.2, 0.25) is 0 Å². The summed E-state index contributed by atoms with van der Waals surface area (Å²) in [5, 5.41) is 10.1. The molecule has 0 saturated heterocycles. The molecule has 0 aliphatic carbocycles. The molecule has 1 atom stereocenters. The third kappa shape index (κ3) is 2.70. The largest absolute Gasteiger partial charge is 0.396 e. The number of rotatable bonds is 2. The van der Waals surface area contributed by atoms with Gasteiger partial charge in [0.1, 0.15) is 0 Å². The Morgan fingerprint density at radius 1 is 1.36 bits per heavy atom. The van der Waals surface area contributed by atoms with Crippen LogP contribution in [0.25, 0.3) is 0 Å². The van der Waals surface area contributed by atoms with Crippen LogP contribution in [0, 0.1) is 0 Å². The van der Waals surface area contributed by atoms with E-state index in [2.05, 4.69) is 56.5 Å². The van der Waals surface area contributed by atoms with Crippen molar-refractivity contribution in [3.8, 4) is 0 Å². The maximum Gasteiger partial charge on any atom is 0.0874 e. The molecule has 0 radical (unpaired) electrons. The van der Waals surface area contributed by atoms with Crippen molar-refractivity contribution in [1.29, 1.82) is 0 Å². The highest BCUT2D eigenvalue weighted by Gasteiger charge is 2.40. The van der Waals surface area contributed by atoms with E-state index in [0.29, 0.717) is 5.04 Å². The Morgan fingerprint density at radius 3 is 1.82 bits per heavy atom. The Morgan fingerprint density at radius 2 is 1.73 bits per heavy atom. The fraction of sp³-hybridized carbons (Fsp3) is 1.00. The SMILES string of the molecule is CC(C)(C)[Si](C)(C)C(O)CI. The van der Waals surface area contributed by atoms with Gasteiger partial charge < -0.3 is 5.11 Å². The number of halogens is 1. The van der Waals surface area contributed by atoms with Crippen molar-refractivity contribution in [3.05, 3.63) is 0 Å². The first-order valence-corrected chi connectivity index (χ1v) is 8.58. The average molecular weight is 286 g/mol. The van der Waals surface area contributed by atoms with Gasteiger partial charge in [0, 0.05) is 4.43 Å². The van der Waals surface area contributed by atoms with Crippen molar-refractivity contribution in [2.45, 2.75) is 44.6 Å². The molecular formula is C8H19IOSi. The molecule has 0 heterocycles. The summed E-state index contributed by atoms with van der Waals surface area (Å²) in [6, 6.07) is 0. The lowest BCUT2D eigenvalue weighted by atomic mass is 10.2. The Labute approximate surface area is 84.7 Å². The van der Waals surface area contributed by atoms with Crippen LogP contribution in [0.5, 0.6) is 0 Å². The van der Waals surface area contributed by atoms with Crippen molar-refractivity contribution in [3.63, 3.8) is 0 Å². The first-order valence-electron chi connectivity index (χ1n) is 3.97. The van der Waals surface area contributed by atoms with Crippen molar-refractivity contribution in [1.82, 2.24) is 0 Å². The second-order valence-electron chi connectivity index (χ2n) is 4.64. The molecular weight excluding hydrogens is 267 g/mol. The van der Waals surface area contributed by atoms with Crippen LogP contribution in [0.3, 0.4) is 0 Å². The van der Waals surface area contributed by atoms with E-state index in [0.717, 1.165) is 4.43 Å². The summed E-state index contributed by atoms with van der Waals surface area (Å²) in [6.07, 6.45) is 0. The number of aliphatic hydroxyl groups excluding tert-OH is 1. The van der Waals surface area contributed by atoms with Gasteiger partial charge in [-0.25, -0.2) is 0 Å². The third-order valence-corrected chi connectivity index (χ3v) is 10.3. The van der Waals surface area contributed by atoms with Crippen molar-refractivity contribution in [2.75, 3.05) is 4.43 Å². The zero-order valence-electron chi connectivity index (χ0n) is 8.11. The zero-order valence-corrected chi connectivity index (χ0v) is 11.3. The molecule has 0 aromatic carbocycles. The zero-order chi connectivity index (χ0) is 9.28. The summed E-state index contributed by atoms with van der Waals surface area (Å²) >= 11 is 2.26. The Kier molecular flexibility index (Phi) is 4.05. The lowest BCUT2D eigenvalue weighted by Gasteiger charge is -2.39. The third-order valence-electron chi connectivity index (χ3n) is 2.91. The summed E-state index contributed by atoms with van der Waals surface area (Å²) in [5.74, 6) is 0. The topological polar surface area (TPSA) is 20.2 Å². The van der Waals surface area contributed by atoms with E-state index in [1.165, 1.54) is 0 Å². The fourth-order valence-corrected chi connectivity index (χ4v) is 5.38. The van der Waals surface area contributed by atoms with Gasteiger partial charge in [-0.3, -0.25) is 0 Å². The van der Waals surface area contributed by atoms with Crippen molar-refractivity contribution in [2.24, 2.45) is 0 Å². The minimum atomic E-state index is -1.46. The van der Waals surface area contributed by atoms with E-state index in [1.807, 2.05) is 0 Å². The quantitative estimate of drug-likeness (QED) is 0.470. The summed E-state index contributed by atoms with van der Waals surface area (Å²) in [5.41, 5.74) is -0.0666. The van der Waals surface area contributed by atoms with E-state index in [9.17, 15) is 5.11 Å². The Bertz CT molecular complexity index is 129. The van der Waals surface area contributed by atoms with Gasteiger partial charge in [-0.15, -0.1) is 0 Å². The average Bonchev–Trinajstić information content (AvgIpc) is 1.83. The minimum Gasteiger partial charge on any atom is -0.396 e. The molecule has 1 unspecified atom stereocenters. The van der Waals surface area contributed by atoms with E-state index >= 15 is 0 Å². The molecule has 11 heavy (non-hydrogen) atoms. The molecule has 1 N–H and O–H groups in total. The summed E-state index contributed by atoms with van der Waals surface area (Å²) in [6.45, 7) is 11.2. The number of hydrogen-bond acceptors (Lipinski definition) is 1. The smallest absolute Gasteiger partial charge is 0.0874 e. The highest BCUT2D eigenvalue weighted by atomic mass is 127. The lowest BCUT2D eigenvalue weighted by Crippen LogP contribution is -2.50. The van der Waals surface area contributed by atoms with Gasteiger partial charge in [-0.1, -0.05) is 56.5 Å². The van der Waals surface area contributed by atoms with E-state index in [4.69, 9.17) is 0 Å². The van der Waals surface area contributed by atoms with Gasteiger partial charge in [0.05, 0.1) is 13.8 Å². The number of aliphatic hydroxyl groups is 1. The van der Waals surface area contributed by atoms with Crippen LogP contribution < -0.4 is 0 Å².